The molecule has 2 rings (SSSR count). The normalized spacial score (nSPS) is 12.8. The van der Waals surface area contributed by atoms with Crippen LogP contribution in [0.1, 0.15) is 42.8 Å². The van der Waals surface area contributed by atoms with Crippen molar-refractivity contribution in [3.05, 3.63) is 35.3 Å². The van der Waals surface area contributed by atoms with Gasteiger partial charge in [0.15, 0.2) is 0 Å². The molecule has 1 N–H and O–H groups in total. The Morgan fingerprint density at radius 2 is 1.85 bits per heavy atom. The maximum Gasteiger partial charge on any atom is 0.133 e. The largest absolute Gasteiger partial charge is 0.360 e. The highest BCUT2D eigenvalue weighted by molar-refractivity contribution is 5.46. The Morgan fingerprint density at radius 3 is 2.40 bits per heavy atom. The van der Waals surface area contributed by atoms with E-state index in [-0.39, 0.29) is 6.04 Å². The van der Waals surface area contributed by atoms with Crippen molar-refractivity contribution >= 4 is 5.82 Å². The lowest BCUT2D eigenvalue weighted by Gasteiger charge is -2.24. The molecule has 108 valence electrons. The maximum absolute atomic E-state index is 4.54. The van der Waals surface area contributed by atoms with Crippen molar-refractivity contribution < 1.29 is 0 Å². The van der Waals surface area contributed by atoms with E-state index in [1.165, 1.54) is 0 Å². The summed E-state index contributed by atoms with van der Waals surface area (Å²) in [6, 6.07) is 0.127. The van der Waals surface area contributed by atoms with Crippen LogP contribution in [0, 0.1) is 26.7 Å². The van der Waals surface area contributed by atoms with Gasteiger partial charge >= 0.3 is 0 Å². The predicted octanol–water partition coefficient (Wildman–Crippen LogP) is 2.94. The van der Waals surface area contributed by atoms with Crippen molar-refractivity contribution in [2.45, 2.75) is 40.7 Å². The molecule has 0 aliphatic rings. The highest BCUT2D eigenvalue weighted by Crippen LogP contribution is 2.26. The second-order valence-corrected chi connectivity index (χ2v) is 5.59. The first-order valence-corrected chi connectivity index (χ1v) is 6.95. The van der Waals surface area contributed by atoms with Crippen LogP contribution in [-0.2, 0) is 7.05 Å². The Bertz CT molecular complexity index is 600. The standard InChI is InChI=1S/C15H23N5/c1-9(2)13(15-16-7-8-20(15)6)19-14-10(3)11(4)17-12(5)18-14/h7-9,13H,1-6H3,(H,17,18,19). The molecule has 2 heterocycles. The van der Waals surface area contributed by atoms with Crippen LogP contribution in [0.15, 0.2) is 12.4 Å². The summed E-state index contributed by atoms with van der Waals surface area (Å²) < 4.78 is 2.05. The van der Waals surface area contributed by atoms with Crippen LogP contribution < -0.4 is 5.32 Å². The van der Waals surface area contributed by atoms with E-state index in [4.69, 9.17) is 0 Å². The van der Waals surface area contributed by atoms with Crippen LogP contribution in [0.4, 0.5) is 5.82 Å². The Balaban J connectivity index is 2.37. The minimum Gasteiger partial charge on any atom is -0.360 e. The molecule has 2 aromatic heterocycles. The zero-order valence-corrected chi connectivity index (χ0v) is 13.1. The van der Waals surface area contributed by atoms with E-state index < -0.39 is 0 Å². The SMILES string of the molecule is Cc1nc(C)c(C)c(NC(c2nccn2C)C(C)C)n1. The van der Waals surface area contributed by atoms with Gasteiger partial charge in [-0.15, -0.1) is 0 Å². The summed E-state index contributed by atoms with van der Waals surface area (Å²) in [6.45, 7) is 10.3. The average Bonchev–Trinajstić information content (AvgIpc) is 2.77. The fourth-order valence-electron chi connectivity index (χ4n) is 2.26. The number of nitrogens with one attached hydrogen (secondary N) is 1. The molecule has 0 amide bonds. The fraction of sp³-hybridized carbons (Fsp3) is 0.533. The average molecular weight is 273 g/mol. The van der Waals surface area contributed by atoms with Crippen LogP contribution in [0.25, 0.3) is 0 Å². The molecular formula is C15H23N5. The van der Waals surface area contributed by atoms with E-state index in [0.29, 0.717) is 5.92 Å². The summed E-state index contributed by atoms with van der Waals surface area (Å²) in [7, 11) is 2.02. The molecule has 0 bridgehead atoms. The Hall–Kier alpha value is -1.91. The number of hydrogen-bond acceptors (Lipinski definition) is 4. The van der Waals surface area contributed by atoms with Gasteiger partial charge in [-0.1, -0.05) is 13.8 Å². The van der Waals surface area contributed by atoms with Gasteiger partial charge in [0.2, 0.25) is 0 Å². The molecule has 5 nitrogen and oxygen atoms in total. The molecule has 0 fully saturated rings. The van der Waals surface area contributed by atoms with Gasteiger partial charge in [0.25, 0.3) is 0 Å². The molecule has 20 heavy (non-hydrogen) atoms. The van der Waals surface area contributed by atoms with Gasteiger partial charge in [0.05, 0.1) is 6.04 Å². The summed E-state index contributed by atoms with van der Waals surface area (Å²) >= 11 is 0. The lowest BCUT2D eigenvalue weighted by Crippen LogP contribution is -2.22. The van der Waals surface area contributed by atoms with E-state index in [1.54, 1.807) is 0 Å². The lowest BCUT2D eigenvalue weighted by atomic mass is 10.0. The smallest absolute Gasteiger partial charge is 0.133 e. The maximum atomic E-state index is 4.54. The number of aromatic nitrogens is 4. The number of imidazole rings is 1. The van der Waals surface area contributed by atoms with E-state index in [1.807, 2.05) is 44.8 Å². The Kier molecular flexibility index (Phi) is 4.06. The zero-order valence-electron chi connectivity index (χ0n) is 13.1. The predicted molar refractivity (Wildman–Crippen MR) is 80.7 cm³/mol. The van der Waals surface area contributed by atoms with E-state index in [2.05, 4.69) is 34.1 Å². The number of nitrogens with zero attached hydrogens (tertiary/aromatic N) is 4. The molecule has 0 saturated carbocycles. The molecule has 0 aromatic carbocycles. The summed E-state index contributed by atoms with van der Waals surface area (Å²) in [5.41, 5.74) is 2.11. The van der Waals surface area contributed by atoms with Crippen molar-refractivity contribution in [3.8, 4) is 0 Å². The van der Waals surface area contributed by atoms with Crippen molar-refractivity contribution in [2.75, 3.05) is 5.32 Å². The molecular weight excluding hydrogens is 250 g/mol. The zero-order chi connectivity index (χ0) is 14.9. The van der Waals surface area contributed by atoms with Crippen LogP contribution in [-0.4, -0.2) is 19.5 Å². The molecule has 0 spiro atoms. The van der Waals surface area contributed by atoms with E-state index in [9.17, 15) is 0 Å². The molecule has 1 atom stereocenters. The third-order valence-corrected chi connectivity index (χ3v) is 3.60. The quantitative estimate of drug-likeness (QED) is 0.930. The first-order valence-electron chi connectivity index (χ1n) is 6.95. The van der Waals surface area contributed by atoms with Crippen molar-refractivity contribution in [2.24, 2.45) is 13.0 Å². The first kappa shape index (κ1) is 14.5. The van der Waals surface area contributed by atoms with Gasteiger partial charge in [-0.25, -0.2) is 15.0 Å². The summed E-state index contributed by atoms with van der Waals surface area (Å²) in [4.78, 5) is 13.4. The van der Waals surface area contributed by atoms with Crippen molar-refractivity contribution in [1.82, 2.24) is 19.5 Å². The van der Waals surface area contributed by atoms with Crippen LogP contribution in [0.2, 0.25) is 0 Å². The second kappa shape index (κ2) is 5.61. The van der Waals surface area contributed by atoms with Gasteiger partial charge in [-0.05, 0) is 26.7 Å². The minimum absolute atomic E-state index is 0.127. The fourth-order valence-corrected chi connectivity index (χ4v) is 2.26. The summed E-state index contributed by atoms with van der Waals surface area (Å²) in [5.74, 6) is 3.12. The van der Waals surface area contributed by atoms with Crippen molar-refractivity contribution in [1.29, 1.82) is 0 Å². The van der Waals surface area contributed by atoms with Crippen LogP contribution in [0.5, 0.6) is 0 Å². The lowest BCUT2D eigenvalue weighted by molar-refractivity contribution is 0.506. The van der Waals surface area contributed by atoms with Gasteiger partial charge < -0.3 is 9.88 Å². The van der Waals surface area contributed by atoms with Gasteiger partial charge in [0, 0.05) is 30.7 Å². The van der Waals surface area contributed by atoms with Crippen LogP contribution in [0.3, 0.4) is 0 Å². The molecule has 5 heteroatoms. The highest BCUT2D eigenvalue weighted by atomic mass is 15.1. The monoisotopic (exact) mass is 273 g/mol. The minimum atomic E-state index is 0.127. The van der Waals surface area contributed by atoms with Gasteiger partial charge in [0.1, 0.15) is 17.5 Å². The third-order valence-electron chi connectivity index (χ3n) is 3.60. The number of anilines is 1. The van der Waals surface area contributed by atoms with Crippen molar-refractivity contribution in [3.63, 3.8) is 0 Å². The topological polar surface area (TPSA) is 55.6 Å². The third kappa shape index (κ3) is 2.81. The summed E-state index contributed by atoms with van der Waals surface area (Å²) in [5, 5.41) is 3.54. The molecule has 0 aliphatic carbocycles. The molecule has 0 aliphatic heterocycles. The molecule has 0 radical (unpaired) electrons. The molecule has 0 saturated heterocycles. The van der Waals surface area contributed by atoms with Crippen LogP contribution >= 0.6 is 0 Å². The van der Waals surface area contributed by atoms with Gasteiger partial charge in [-0.3, -0.25) is 0 Å². The second-order valence-electron chi connectivity index (χ2n) is 5.59. The summed E-state index contributed by atoms with van der Waals surface area (Å²) in [6.07, 6.45) is 3.80. The number of hydrogen-bond donors (Lipinski definition) is 1. The molecule has 1 unspecified atom stereocenters. The number of aryl methyl sites for hydroxylation is 3. The Labute approximate surface area is 120 Å². The number of rotatable bonds is 4. The first-order chi connectivity index (χ1) is 9.40. The van der Waals surface area contributed by atoms with Gasteiger partial charge in [-0.2, -0.15) is 0 Å². The molecule has 2 aromatic rings. The van der Waals surface area contributed by atoms with E-state index >= 15 is 0 Å². The Morgan fingerprint density at radius 1 is 1.15 bits per heavy atom. The highest BCUT2D eigenvalue weighted by Gasteiger charge is 2.21. The van der Waals surface area contributed by atoms with E-state index in [0.717, 1.165) is 28.7 Å².